The molecule has 0 amide bonds. The van der Waals surface area contributed by atoms with Gasteiger partial charge >= 0.3 is 0 Å². The molecule has 2 aromatic rings. The first kappa shape index (κ1) is 14.0. The van der Waals surface area contributed by atoms with E-state index in [2.05, 4.69) is 38.4 Å². The lowest BCUT2D eigenvalue weighted by atomic mass is 10.1. The molecule has 0 N–H and O–H groups in total. The number of benzene rings is 1. The van der Waals surface area contributed by atoms with Crippen LogP contribution in [-0.4, -0.2) is 30.9 Å². The van der Waals surface area contributed by atoms with Gasteiger partial charge in [0.15, 0.2) is 5.78 Å². The van der Waals surface area contributed by atoms with Gasteiger partial charge in [-0.05, 0) is 11.4 Å². The summed E-state index contributed by atoms with van der Waals surface area (Å²) in [6.45, 7) is 1.82. The highest BCUT2D eigenvalue weighted by Crippen LogP contribution is 2.14. The molecular weight excluding hydrogens is 254 g/mol. The fourth-order valence-corrected chi connectivity index (χ4v) is 2.82. The Morgan fingerprint density at radius 2 is 1.84 bits per heavy atom. The highest BCUT2D eigenvalue weighted by molar-refractivity contribution is 7.12. The Bertz CT molecular complexity index is 517. The molecule has 0 unspecified atom stereocenters. The zero-order valence-electron chi connectivity index (χ0n) is 11.5. The third-order valence-corrected chi connectivity index (χ3v) is 4.10. The van der Waals surface area contributed by atoms with Crippen molar-refractivity contribution in [1.82, 2.24) is 0 Å². The maximum atomic E-state index is 12.0. The summed E-state index contributed by atoms with van der Waals surface area (Å²) in [6, 6.07) is 14.3. The lowest BCUT2D eigenvalue weighted by Gasteiger charge is -2.29. The average Bonchev–Trinajstić information content (AvgIpc) is 2.91. The van der Waals surface area contributed by atoms with Gasteiger partial charge in [-0.15, -0.1) is 11.3 Å². The van der Waals surface area contributed by atoms with Gasteiger partial charge in [-0.1, -0.05) is 36.4 Å². The summed E-state index contributed by atoms with van der Waals surface area (Å²) in [5.41, 5.74) is 1.32. The number of quaternary nitrogens is 1. The van der Waals surface area contributed by atoms with E-state index in [9.17, 15) is 4.79 Å². The Hall–Kier alpha value is -1.45. The highest BCUT2D eigenvalue weighted by atomic mass is 32.1. The van der Waals surface area contributed by atoms with Crippen LogP contribution in [0.5, 0.6) is 0 Å². The first-order chi connectivity index (χ1) is 9.07. The molecule has 3 heteroatoms. The van der Waals surface area contributed by atoms with Crippen molar-refractivity contribution in [3.05, 3.63) is 58.3 Å². The summed E-state index contributed by atoms with van der Waals surface area (Å²) in [5, 5.41) is 1.96. The molecule has 19 heavy (non-hydrogen) atoms. The molecule has 2 nitrogen and oxygen atoms in total. The molecule has 0 aliphatic heterocycles. The van der Waals surface area contributed by atoms with Crippen LogP contribution in [0.2, 0.25) is 0 Å². The van der Waals surface area contributed by atoms with Crippen molar-refractivity contribution in [3.63, 3.8) is 0 Å². The topological polar surface area (TPSA) is 17.1 Å². The molecule has 0 saturated carbocycles. The number of carbonyl (C=O) groups excluding carboxylic acids is 1. The van der Waals surface area contributed by atoms with Crippen LogP contribution in [-0.2, 0) is 6.54 Å². The van der Waals surface area contributed by atoms with Gasteiger partial charge in [-0.2, -0.15) is 0 Å². The summed E-state index contributed by atoms with van der Waals surface area (Å²) in [7, 11) is 4.35. The first-order valence-electron chi connectivity index (χ1n) is 6.49. The van der Waals surface area contributed by atoms with E-state index in [4.69, 9.17) is 0 Å². The maximum Gasteiger partial charge on any atom is 0.178 e. The Balaban J connectivity index is 1.89. The second-order valence-corrected chi connectivity index (χ2v) is 6.40. The van der Waals surface area contributed by atoms with Crippen LogP contribution in [0.25, 0.3) is 0 Å². The molecule has 0 saturated heterocycles. The average molecular weight is 274 g/mol. The molecular formula is C16H20NOS+. The van der Waals surface area contributed by atoms with Crippen LogP contribution in [0.15, 0.2) is 47.8 Å². The summed E-state index contributed by atoms with van der Waals surface area (Å²) < 4.78 is 0.834. The molecule has 1 aromatic heterocycles. The number of hydrogen-bond donors (Lipinski definition) is 0. The van der Waals surface area contributed by atoms with Gasteiger partial charge in [0.1, 0.15) is 6.54 Å². The van der Waals surface area contributed by atoms with Gasteiger partial charge < -0.3 is 4.48 Å². The lowest BCUT2D eigenvalue weighted by molar-refractivity contribution is -0.903. The molecule has 2 rings (SSSR count). The summed E-state index contributed by atoms with van der Waals surface area (Å²) >= 11 is 1.53. The summed E-state index contributed by atoms with van der Waals surface area (Å²) in [5.74, 6) is 0.259. The number of carbonyl (C=O) groups is 1. The quantitative estimate of drug-likeness (QED) is 0.581. The maximum absolute atomic E-state index is 12.0. The fourth-order valence-electron chi connectivity index (χ4n) is 2.12. The third kappa shape index (κ3) is 4.30. The molecule has 1 aromatic carbocycles. The predicted octanol–water partition coefficient (Wildman–Crippen LogP) is 3.60. The van der Waals surface area contributed by atoms with Gasteiger partial charge in [0.05, 0.1) is 31.9 Å². The minimum absolute atomic E-state index is 0.259. The third-order valence-electron chi connectivity index (χ3n) is 3.19. The van der Waals surface area contributed by atoms with E-state index in [0.29, 0.717) is 6.42 Å². The SMILES string of the molecule is C[N+](C)(CCC(=O)c1cccs1)Cc1ccccc1. The lowest BCUT2D eigenvalue weighted by Crippen LogP contribution is -2.40. The Kier molecular flexibility index (Phi) is 4.51. The second-order valence-electron chi connectivity index (χ2n) is 5.45. The van der Waals surface area contributed by atoms with Crippen molar-refractivity contribution in [3.8, 4) is 0 Å². The van der Waals surface area contributed by atoms with Gasteiger partial charge in [-0.3, -0.25) is 4.79 Å². The zero-order chi connectivity index (χ0) is 13.7. The Labute approximate surface area is 118 Å². The van der Waals surface area contributed by atoms with Crippen molar-refractivity contribution in [2.45, 2.75) is 13.0 Å². The molecule has 1 heterocycles. The smallest absolute Gasteiger partial charge is 0.178 e. The fraction of sp³-hybridized carbons (Fsp3) is 0.312. The molecule has 0 spiro atoms. The number of nitrogens with zero attached hydrogens (tertiary/aromatic N) is 1. The van der Waals surface area contributed by atoms with Crippen LogP contribution >= 0.6 is 11.3 Å². The van der Waals surface area contributed by atoms with Crippen LogP contribution in [0.3, 0.4) is 0 Å². The number of rotatable bonds is 6. The van der Waals surface area contributed by atoms with Gasteiger partial charge in [-0.25, -0.2) is 0 Å². The minimum atomic E-state index is 0.259. The van der Waals surface area contributed by atoms with Crippen molar-refractivity contribution in [2.75, 3.05) is 20.6 Å². The highest BCUT2D eigenvalue weighted by Gasteiger charge is 2.18. The molecule has 0 aliphatic rings. The van der Waals surface area contributed by atoms with Crippen LogP contribution in [0.1, 0.15) is 21.7 Å². The number of ketones is 1. The van der Waals surface area contributed by atoms with Crippen LogP contribution in [0, 0.1) is 0 Å². The van der Waals surface area contributed by atoms with E-state index in [1.165, 1.54) is 16.9 Å². The van der Waals surface area contributed by atoms with E-state index in [1.54, 1.807) is 0 Å². The van der Waals surface area contributed by atoms with E-state index in [0.717, 1.165) is 22.4 Å². The van der Waals surface area contributed by atoms with Crippen molar-refractivity contribution in [1.29, 1.82) is 0 Å². The number of Topliss-reactive ketones (excluding diaryl/α,β-unsaturated/α-hetero) is 1. The summed E-state index contributed by atoms with van der Waals surface area (Å²) in [6.07, 6.45) is 0.611. The normalized spacial score (nSPS) is 11.5. The van der Waals surface area contributed by atoms with Gasteiger partial charge in [0.25, 0.3) is 0 Å². The van der Waals surface area contributed by atoms with E-state index in [-0.39, 0.29) is 5.78 Å². The van der Waals surface area contributed by atoms with E-state index >= 15 is 0 Å². The van der Waals surface area contributed by atoms with Crippen molar-refractivity contribution in [2.24, 2.45) is 0 Å². The first-order valence-corrected chi connectivity index (χ1v) is 7.37. The molecule has 0 radical (unpaired) electrons. The molecule has 100 valence electrons. The van der Waals surface area contributed by atoms with Crippen molar-refractivity contribution >= 4 is 17.1 Å². The molecule has 0 aliphatic carbocycles. The second kappa shape index (κ2) is 6.13. The minimum Gasteiger partial charge on any atom is -0.324 e. The van der Waals surface area contributed by atoms with Crippen LogP contribution in [0.4, 0.5) is 0 Å². The summed E-state index contributed by atoms with van der Waals surface area (Å²) in [4.78, 5) is 12.9. The standard InChI is InChI=1S/C16H20NOS/c1-17(2,13-14-7-4-3-5-8-14)11-10-15(18)16-9-6-12-19-16/h3-9,12H,10-11,13H2,1-2H3/q+1. The van der Waals surface area contributed by atoms with Crippen LogP contribution < -0.4 is 0 Å². The molecule has 0 bridgehead atoms. The predicted molar refractivity (Wildman–Crippen MR) is 80.4 cm³/mol. The Morgan fingerprint density at radius 3 is 2.47 bits per heavy atom. The van der Waals surface area contributed by atoms with E-state index < -0.39 is 0 Å². The van der Waals surface area contributed by atoms with Gasteiger partial charge in [0, 0.05) is 5.56 Å². The Morgan fingerprint density at radius 1 is 1.11 bits per heavy atom. The monoisotopic (exact) mass is 274 g/mol. The number of thiophene rings is 1. The van der Waals surface area contributed by atoms with Gasteiger partial charge in [0.2, 0.25) is 0 Å². The van der Waals surface area contributed by atoms with Crippen molar-refractivity contribution < 1.29 is 9.28 Å². The largest absolute Gasteiger partial charge is 0.324 e. The molecule has 0 fully saturated rings. The number of hydrogen-bond acceptors (Lipinski definition) is 2. The molecule has 0 atom stereocenters. The van der Waals surface area contributed by atoms with E-state index in [1.807, 2.05) is 23.6 Å². The zero-order valence-corrected chi connectivity index (χ0v) is 12.3.